The summed E-state index contributed by atoms with van der Waals surface area (Å²) in [6.45, 7) is 5.18. The van der Waals surface area contributed by atoms with Gasteiger partial charge in [0.05, 0.1) is 18.1 Å². The molecule has 0 bridgehead atoms. The van der Waals surface area contributed by atoms with Gasteiger partial charge in [0, 0.05) is 5.56 Å². The van der Waals surface area contributed by atoms with E-state index in [9.17, 15) is 18.0 Å². The molecule has 1 aromatic carbocycles. The zero-order valence-electron chi connectivity index (χ0n) is 14.7. The Kier molecular flexibility index (Phi) is 5.80. The van der Waals surface area contributed by atoms with E-state index in [-0.39, 0.29) is 29.9 Å². The highest BCUT2D eigenvalue weighted by Gasteiger charge is 2.70. The highest BCUT2D eigenvalue weighted by molar-refractivity contribution is 5.88. The first-order valence-electron chi connectivity index (χ1n) is 8.48. The summed E-state index contributed by atoms with van der Waals surface area (Å²) in [5, 5.41) is 0. The van der Waals surface area contributed by atoms with Gasteiger partial charge in [-0.2, -0.15) is 13.2 Å². The van der Waals surface area contributed by atoms with Crippen molar-refractivity contribution in [1.82, 2.24) is 0 Å². The predicted octanol–water partition coefficient (Wildman–Crippen LogP) is 5.12. The van der Waals surface area contributed by atoms with Gasteiger partial charge in [0.1, 0.15) is 5.76 Å². The van der Waals surface area contributed by atoms with Crippen LogP contribution in [-0.2, 0) is 19.9 Å². The molecule has 1 saturated heterocycles. The predicted molar refractivity (Wildman–Crippen MR) is 87.6 cm³/mol. The van der Waals surface area contributed by atoms with Crippen LogP contribution in [0.2, 0.25) is 0 Å². The van der Waals surface area contributed by atoms with E-state index in [1.54, 1.807) is 25.1 Å². The van der Waals surface area contributed by atoms with Gasteiger partial charge in [-0.3, -0.25) is 0 Å². The first kappa shape index (κ1) is 19.3. The van der Waals surface area contributed by atoms with Gasteiger partial charge in [-0.05, 0) is 20.3 Å². The van der Waals surface area contributed by atoms with Gasteiger partial charge < -0.3 is 9.47 Å². The molecule has 0 unspecified atom stereocenters. The van der Waals surface area contributed by atoms with Crippen molar-refractivity contribution in [2.24, 2.45) is 5.92 Å². The van der Waals surface area contributed by atoms with Crippen LogP contribution >= 0.6 is 0 Å². The molecule has 0 spiro atoms. The molecule has 0 saturated carbocycles. The van der Waals surface area contributed by atoms with Crippen LogP contribution in [0, 0.1) is 5.92 Å². The summed E-state index contributed by atoms with van der Waals surface area (Å²) in [5.74, 6) is -1.48. The molecule has 6 heteroatoms. The standard InChI is InChI=1S/C19H23F3O3/c1-4-6-12-15-16(13(3)17(23)24-5-2)25-18(15,19(20,21)22)14-10-8-7-9-11-14/h7-11,15H,4-6,12H2,1-3H3/t15-,18+/m1/s1. The van der Waals surface area contributed by atoms with Crippen molar-refractivity contribution in [1.29, 1.82) is 0 Å². The van der Waals surface area contributed by atoms with Crippen LogP contribution in [0.1, 0.15) is 45.6 Å². The normalized spacial score (nSPS) is 25.0. The minimum absolute atomic E-state index is 0.0593. The van der Waals surface area contributed by atoms with Gasteiger partial charge in [0.25, 0.3) is 0 Å². The van der Waals surface area contributed by atoms with Crippen LogP contribution in [0.3, 0.4) is 0 Å². The third-order valence-corrected chi connectivity index (χ3v) is 4.50. The van der Waals surface area contributed by atoms with Crippen LogP contribution in [-0.4, -0.2) is 18.8 Å². The topological polar surface area (TPSA) is 35.5 Å². The van der Waals surface area contributed by atoms with Gasteiger partial charge >= 0.3 is 12.1 Å². The van der Waals surface area contributed by atoms with Gasteiger partial charge in [0.15, 0.2) is 0 Å². The molecule has 25 heavy (non-hydrogen) atoms. The van der Waals surface area contributed by atoms with E-state index >= 15 is 0 Å². The lowest BCUT2D eigenvalue weighted by molar-refractivity contribution is -0.337. The number of ether oxygens (including phenoxy) is 2. The molecular weight excluding hydrogens is 333 g/mol. The van der Waals surface area contributed by atoms with Gasteiger partial charge in [-0.1, -0.05) is 50.1 Å². The van der Waals surface area contributed by atoms with Crippen molar-refractivity contribution >= 4 is 5.97 Å². The zero-order valence-corrected chi connectivity index (χ0v) is 14.7. The largest absolute Gasteiger partial charge is 0.476 e. The Bertz CT molecular complexity index is 637. The fourth-order valence-electron chi connectivity index (χ4n) is 3.23. The number of unbranched alkanes of at least 4 members (excludes halogenated alkanes) is 1. The van der Waals surface area contributed by atoms with Crippen molar-refractivity contribution < 1.29 is 27.4 Å². The smallest absolute Gasteiger partial charge is 0.433 e. The molecule has 0 N–H and O–H groups in total. The molecule has 3 nitrogen and oxygen atoms in total. The highest BCUT2D eigenvalue weighted by atomic mass is 19.4. The second-order valence-electron chi connectivity index (χ2n) is 6.11. The van der Waals surface area contributed by atoms with E-state index < -0.39 is 23.7 Å². The number of rotatable bonds is 6. The number of hydrogen-bond donors (Lipinski definition) is 0. The van der Waals surface area contributed by atoms with Crippen LogP contribution < -0.4 is 0 Å². The van der Waals surface area contributed by atoms with E-state index in [0.29, 0.717) is 6.42 Å². The lowest BCUT2D eigenvalue weighted by Crippen LogP contribution is -2.59. The van der Waals surface area contributed by atoms with E-state index in [1.807, 2.05) is 6.92 Å². The van der Waals surface area contributed by atoms with E-state index in [0.717, 1.165) is 6.42 Å². The van der Waals surface area contributed by atoms with Gasteiger partial charge in [0.2, 0.25) is 5.60 Å². The van der Waals surface area contributed by atoms with Crippen LogP contribution in [0.5, 0.6) is 0 Å². The average molecular weight is 356 g/mol. The molecular formula is C19H23F3O3. The molecule has 0 amide bonds. The molecule has 0 aromatic heterocycles. The van der Waals surface area contributed by atoms with Crippen LogP contribution in [0.15, 0.2) is 41.7 Å². The summed E-state index contributed by atoms with van der Waals surface area (Å²) >= 11 is 0. The maximum absolute atomic E-state index is 14.0. The molecule has 1 heterocycles. The van der Waals surface area contributed by atoms with E-state index in [4.69, 9.17) is 9.47 Å². The molecule has 0 radical (unpaired) electrons. The molecule has 1 aliphatic heterocycles. The molecule has 0 aliphatic carbocycles. The fraction of sp³-hybridized carbons (Fsp3) is 0.526. The van der Waals surface area contributed by atoms with Crippen molar-refractivity contribution in [2.45, 2.75) is 51.8 Å². The maximum atomic E-state index is 14.0. The Balaban J connectivity index is 2.51. The first-order chi connectivity index (χ1) is 11.8. The monoisotopic (exact) mass is 356 g/mol. The Morgan fingerprint density at radius 3 is 2.40 bits per heavy atom. The summed E-state index contributed by atoms with van der Waals surface area (Å²) in [5.41, 5.74) is -2.24. The van der Waals surface area contributed by atoms with Crippen molar-refractivity contribution in [3.05, 3.63) is 47.2 Å². The summed E-state index contributed by atoms with van der Waals surface area (Å²) < 4.78 is 52.4. The summed E-state index contributed by atoms with van der Waals surface area (Å²) in [7, 11) is 0. The number of esters is 1. The highest BCUT2D eigenvalue weighted by Crippen LogP contribution is 2.60. The number of carbonyl (C=O) groups is 1. The molecule has 2 rings (SSSR count). The van der Waals surface area contributed by atoms with Gasteiger partial charge in [-0.25, -0.2) is 4.79 Å². The quantitative estimate of drug-likeness (QED) is 0.524. The molecule has 1 aromatic rings. The second kappa shape index (κ2) is 7.50. The first-order valence-corrected chi connectivity index (χ1v) is 8.48. The summed E-state index contributed by atoms with van der Waals surface area (Å²) in [6.07, 6.45) is -2.94. The van der Waals surface area contributed by atoms with Crippen molar-refractivity contribution in [3.63, 3.8) is 0 Å². The number of carbonyl (C=O) groups excluding carboxylic acids is 1. The second-order valence-corrected chi connectivity index (χ2v) is 6.11. The Morgan fingerprint density at radius 2 is 1.88 bits per heavy atom. The Labute approximate surface area is 145 Å². The minimum Gasteiger partial charge on any atom is -0.476 e. The molecule has 1 aliphatic rings. The third-order valence-electron chi connectivity index (χ3n) is 4.50. The van der Waals surface area contributed by atoms with Crippen molar-refractivity contribution in [2.75, 3.05) is 6.61 Å². The van der Waals surface area contributed by atoms with E-state index in [2.05, 4.69) is 0 Å². The summed E-state index contributed by atoms with van der Waals surface area (Å²) in [4.78, 5) is 12.0. The lowest BCUT2D eigenvalue weighted by Gasteiger charge is -2.52. The SMILES string of the molecule is CCCC[C@@H]1C(=C(C)C(=O)OCC)O[C@]1(c1ccccc1)C(F)(F)F. The third kappa shape index (κ3) is 3.39. The fourth-order valence-corrected chi connectivity index (χ4v) is 3.23. The lowest BCUT2D eigenvalue weighted by atomic mass is 9.71. The maximum Gasteiger partial charge on any atom is 0.433 e. The number of alkyl halides is 3. The van der Waals surface area contributed by atoms with Crippen LogP contribution in [0.4, 0.5) is 13.2 Å². The number of halogens is 3. The number of hydrogen-bond acceptors (Lipinski definition) is 3. The number of benzene rings is 1. The average Bonchev–Trinajstić information content (AvgIpc) is 2.54. The Morgan fingerprint density at radius 1 is 1.24 bits per heavy atom. The van der Waals surface area contributed by atoms with Gasteiger partial charge in [-0.15, -0.1) is 0 Å². The van der Waals surface area contributed by atoms with E-state index in [1.165, 1.54) is 19.1 Å². The van der Waals surface area contributed by atoms with Crippen LogP contribution in [0.25, 0.3) is 0 Å². The molecule has 1 fully saturated rings. The minimum atomic E-state index is -4.59. The van der Waals surface area contributed by atoms with Crippen molar-refractivity contribution in [3.8, 4) is 0 Å². The molecule has 2 atom stereocenters. The Hall–Kier alpha value is -1.98. The molecule has 138 valence electrons. The summed E-state index contributed by atoms with van der Waals surface area (Å²) in [6, 6.07) is 7.62. The zero-order chi connectivity index (χ0) is 18.7.